The molecule has 1 aliphatic heterocycles. The van der Waals surface area contributed by atoms with Crippen molar-refractivity contribution in [1.82, 2.24) is 0 Å². The Morgan fingerprint density at radius 1 is 1.04 bits per heavy atom. The van der Waals surface area contributed by atoms with Crippen LogP contribution < -0.4 is 9.64 Å². The van der Waals surface area contributed by atoms with Crippen molar-refractivity contribution in [3.05, 3.63) is 59.2 Å². The topological polar surface area (TPSA) is 46.6 Å². The summed E-state index contributed by atoms with van der Waals surface area (Å²) in [4.78, 5) is 26.8. The predicted octanol–water partition coefficient (Wildman–Crippen LogP) is 4.56. The van der Waals surface area contributed by atoms with E-state index in [1.54, 1.807) is 4.90 Å². The normalized spacial score (nSPS) is 17.3. The van der Waals surface area contributed by atoms with Gasteiger partial charge in [-0.05, 0) is 48.1 Å². The highest BCUT2D eigenvalue weighted by atomic mass is 16.5. The van der Waals surface area contributed by atoms with Crippen molar-refractivity contribution in [1.29, 1.82) is 0 Å². The minimum absolute atomic E-state index is 0.0302. The van der Waals surface area contributed by atoms with E-state index in [-0.39, 0.29) is 23.7 Å². The van der Waals surface area contributed by atoms with E-state index in [1.165, 1.54) is 5.56 Å². The van der Waals surface area contributed by atoms with E-state index in [9.17, 15) is 9.59 Å². The van der Waals surface area contributed by atoms with E-state index in [0.29, 0.717) is 12.3 Å². The number of rotatable bonds is 3. The van der Waals surface area contributed by atoms with Gasteiger partial charge in [-0.2, -0.15) is 0 Å². The van der Waals surface area contributed by atoms with Gasteiger partial charge in [0.05, 0.1) is 5.92 Å². The van der Waals surface area contributed by atoms with Crippen LogP contribution in [0, 0.1) is 19.8 Å². The lowest BCUT2D eigenvalue weighted by Gasteiger charge is -2.21. The average Bonchev–Trinajstić information content (AvgIpc) is 2.96. The molecule has 0 radical (unpaired) electrons. The molecule has 0 bridgehead atoms. The summed E-state index contributed by atoms with van der Waals surface area (Å²) < 4.78 is 5.54. The lowest BCUT2D eigenvalue weighted by Crippen LogP contribution is -2.28. The number of aryl methyl sites for hydroxylation is 2. The Hall–Kier alpha value is -2.62. The van der Waals surface area contributed by atoms with Crippen LogP contribution in [-0.2, 0) is 15.0 Å². The van der Waals surface area contributed by atoms with Crippen LogP contribution in [-0.4, -0.2) is 18.4 Å². The zero-order chi connectivity index (χ0) is 19.8. The maximum Gasteiger partial charge on any atom is 0.316 e. The standard InChI is InChI=1S/C23H27NO3/c1-15-7-6-8-16(2)21(15)24-14-17(13-20(24)25)22(26)27-19-11-9-18(10-12-19)23(3,4)5/h6-12,17H,13-14H2,1-5H3/t17-/m0/s1. The first-order valence-corrected chi connectivity index (χ1v) is 9.35. The van der Waals surface area contributed by atoms with Gasteiger partial charge in [0.2, 0.25) is 5.91 Å². The van der Waals surface area contributed by atoms with E-state index >= 15 is 0 Å². The molecule has 0 saturated carbocycles. The summed E-state index contributed by atoms with van der Waals surface area (Å²) in [5.74, 6) is -0.303. The lowest BCUT2D eigenvalue weighted by atomic mass is 9.87. The van der Waals surface area contributed by atoms with Crippen molar-refractivity contribution >= 4 is 17.6 Å². The van der Waals surface area contributed by atoms with Crippen LogP contribution in [0.1, 0.15) is 43.9 Å². The Labute approximate surface area is 161 Å². The molecule has 1 aliphatic rings. The molecule has 142 valence electrons. The molecule has 27 heavy (non-hydrogen) atoms. The molecule has 2 aromatic carbocycles. The van der Waals surface area contributed by atoms with E-state index in [2.05, 4.69) is 20.8 Å². The van der Waals surface area contributed by atoms with Gasteiger partial charge in [-0.25, -0.2) is 0 Å². The molecular formula is C23H27NO3. The molecule has 0 aliphatic carbocycles. The Morgan fingerprint density at radius 2 is 1.63 bits per heavy atom. The molecule has 1 atom stereocenters. The van der Waals surface area contributed by atoms with Crippen LogP contribution in [0.2, 0.25) is 0 Å². The highest BCUT2D eigenvalue weighted by molar-refractivity contribution is 6.00. The monoisotopic (exact) mass is 365 g/mol. The second-order valence-electron chi connectivity index (χ2n) is 8.34. The third-order valence-electron chi connectivity index (χ3n) is 5.11. The van der Waals surface area contributed by atoms with Gasteiger partial charge in [-0.3, -0.25) is 9.59 Å². The Morgan fingerprint density at radius 3 is 2.19 bits per heavy atom. The summed E-state index contributed by atoms with van der Waals surface area (Å²) in [7, 11) is 0. The first-order chi connectivity index (χ1) is 12.7. The van der Waals surface area contributed by atoms with E-state index in [4.69, 9.17) is 4.74 Å². The fraction of sp³-hybridized carbons (Fsp3) is 0.391. The minimum Gasteiger partial charge on any atom is -0.426 e. The number of amides is 1. The number of hydrogen-bond acceptors (Lipinski definition) is 3. The number of para-hydroxylation sites is 1. The Balaban J connectivity index is 1.71. The van der Waals surface area contributed by atoms with Crippen LogP contribution >= 0.6 is 0 Å². The molecule has 1 heterocycles. The van der Waals surface area contributed by atoms with E-state index < -0.39 is 5.92 Å². The molecule has 0 unspecified atom stereocenters. The molecule has 0 N–H and O–H groups in total. The van der Waals surface area contributed by atoms with E-state index in [1.807, 2.05) is 56.3 Å². The predicted molar refractivity (Wildman–Crippen MR) is 107 cm³/mol. The number of carbonyl (C=O) groups excluding carboxylic acids is 2. The fourth-order valence-electron chi connectivity index (χ4n) is 3.54. The smallest absolute Gasteiger partial charge is 0.316 e. The number of anilines is 1. The zero-order valence-electron chi connectivity index (χ0n) is 16.7. The van der Waals surface area contributed by atoms with Gasteiger partial charge in [0, 0.05) is 18.7 Å². The molecular weight excluding hydrogens is 338 g/mol. The highest BCUT2D eigenvalue weighted by Crippen LogP contribution is 2.32. The largest absolute Gasteiger partial charge is 0.426 e. The second-order valence-corrected chi connectivity index (χ2v) is 8.34. The molecule has 1 fully saturated rings. The SMILES string of the molecule is Cc1cccc(C)c1N1C[C@@H](C(=O)Oc2ccc(C(C)(C)C)cc2)CC1=O. The van der Waals surface area contributed by atoms with Crippen molar-refractivity contribution in [2.24, 2.45) is 5.92 Å². The molecule has 2 aromatic rings. The number of benzene rings is 2. The molecule has 0 aromatic heterocycles. The van der Waals surface area contributed by atoms with Crippen molar-refractivity contribution in [2.75, 3.05) is 11.4 Å². The first-order valence-electron chi connectivity index (χ1n) is 9.35. The second kappa shape index (κ2) is 7.18. The lowest BCUT2D eigenvalue weighted by molar-refractivity contribution is -0.139. The van der Waals surface area contributed by atoms with Gasteiger partial charge in [-0.1, -0.05) is 51.1 Å². The van der Waals surface area contributed by atoms with Crippen LogP contribution in [0.15, 0.2) is 42.5 Å². The number of ether oxygens (including phenoxy) is 1. The van der Waals surface area contributed by atoms with Crippen molar-refractivity contribution in [3.63, 3.8) is 0 Å². The maximum absolute atomic E-state index is 12.6. The molecule has 4 nitrogen and oxygen atoms in total. The van der Waals surface area contributed by atoms with Crippen molar-refractivity contribution in [3.8, 4) is 5.75 Å². The van der Waals surface area contributed by atoms with Gasteiger partial charge in [-0.15, -0.1) is 0 Å². The number of hydrogen-bond donors (Lipinski definition) is 0. The zero-order valence-corrected chi connectivity index (χ0v) is 16.7. The maximum atomic E-state index is 12.6. The van der Waals surface area contributed by atoms with Gasteiger partial charge in [0.1, 0.15) is 5.75 Å². The summed E-state index contributed by atoms with van der Waals surface area (Å²) in [5, 5.41) is 0. The van der Waals surface area contributed by atoms with Crippen LogP contribution in [0.5, 0.6) is 5.75 Å². The molecule has 0 spiro atoms. The van der Waals surface area contributed by atoms with Gasteiger partial charge in [0.25, 0.3) is 0 Å². The van der Waals surface area contributed by atoms with Crippen molar-refractivity contribution < 1.29 is 14.3 Å². The van der Waals surface area contributed by atoms with Gasteiger partial charge < -0.3 is 9.64 Å². The molecule has 4 heteroatoms. The third-order valence-corrected chi connectivity index (χ3v) is 5.11. The molecule has 3 rings (SSSR count). The van der Waals surface area contributed by atoms with Crippen LogP contribution in [0.3, 0.4) is 0 Å². The van der Waals surface area contributed by atoms with Crippen LogP contribution in [0.25, 0.3) is 0 Å². The van der Waals surface area contributed by atoms with Gasteiger partial charge >= 0.3 is 5.97 Å². The number of nitrogens with zero attached hydrogens (tertiary/aromatic N) is 1. The highest BCUT2D eigenvalue weighted by Gasteiger charge is 2.37. The quantitative estimate of drug-likeness (QED) is 0.592. The Kier molecular flexibility index (Phi) is 5.09. The summed E-state index contributed by atoms with van der Waals surface area (Å²) in [5.41, 5.74) is 4.21. The average molecular weight is 365 g/mol. The summed E-state index contributed by atoms with van der Waals surface area (Å²) in [6.07, 6.45) is 0.187. The third kappa shape index (κ3) is 4.05. The number of carbonyl (C=O) groups is 2. The van der Waals surface area contributed by atoms with Gasteiger partial charge in [0.15, 0.2) is 0 Å². The van der Waals surface area contributed by atoms with Crippen LogP contribution in [0.4, 0.5) is 5.69 Å². The summed E-state index contributed by atoms with van der Waals surface area (Å²) >= 11 is 0. The molecule has 1 amide bonds. The van der Waals surface area contributed by atoms with Crippen molar-refractivity contribution in [2.45, 2.75) is 46.5 Å². The summed E-state index contributed by atoms with van der Waals surface area (Å²) in [6, 6.07) is 13.5. The first kappa shape index (κ1) is 19.2. The number of esters is 1. The van der Waals surface area contributed by atoms with E-state index in [0.717, 1.165) is 16.8 Å². The Bertz CT molecular complexity index is 842. The minimum atomic E-state index is -0.446. The molecule has 1 saturated heterocycles. The summed E-state index contributed by atoms with van der Waals surface area (Å²) in [6.45, 7) is 10.8. The fourth-order valence-corrected chi connectivity index (χ4v) is 3.54.